The van der Waals surface area contributed by atoms with Gasteiger partial charge in [-0.25, -0.2) is 19.9 Å². The van der Waals surface area contributed by atoms with Gasteiger partial charge in [0.05, 0.1) is 48.8 Å². The summed E-state index contributed by atoms with van der Waals surface area (Å²) in [7, 11) is 0. The highest BCUT2D eigenvalue weighted by Gasteiger charge is 2.57. The first-order chi connectivity index (χ1) is 54.4. The fourth-order valence-electron chi connectivity index (χ4n) is 15.6. The second kappa shape index (κ2) is 39.1. The van der Waals surface area contributed by atoms with Crippen molar-refractivity contribution >= 4 is 104 Å². The Bertz CT molecular complexity index is 4790. The zero-order valence-electron chi connectivity index (χ0n) is 69.6. The molecule has 6 aliphatic rings. The molecule has 0 saturated carbocycles. The van der Waals surface area contributed by atoms with E-state index < -0.39 is 5.41 Å². The Kier molecular flexibility index (Phi) is 30.7. The molecule has 9 heterocycles. The van der Waals surface area contributed by atoms with Crippen molar-refractivity contribution in [2.45, 2.75) is 240 Å². The minimum absolute atomic E-state index is 0.0145. The number of amides is 4. The van der Waals surface area contributed by atoms with Gasteiger partial charge in [0.15, 0.2) is 6.29 Å². The predicted molar refractivity (Wildman–Crippen MR) is 467 cm³/mol. The number of ether oxygens (including phenoxy) is 2. The summed E-state index contributed by atoms with van der Waals surface area (Å²) in [5.41, 5.74) is 17.8. The molecule has 9 aromatic rings. The maximum atomic E-state index is 13.5. The molecule has 115 heavy (non-hydrogen) atoms. The first-order valence-electron chi connectivity index (χ1n) is 39.3. The van der Waals surface area contributed by atoms with Gasteiger partial charge in [0, 0.05) is 91.7 Å². The lowest BCUT2D eigenvalue weighted by molar-refractivity contribution is -0.169. The largest absolute Gasteiger partial charge is 0.392 e. The second-order valence-electron chi connectivity index (χ2n) is 34.1. The number of halogens is 4. The quantitative estimate of drug-likeness (QED) is 0.0913. The smallest absolute Gasteiger partial charge is 0.240 e. The molecule has 15 rings (SSSR count). The Labute approximate surface area is 703 Å². The highest BCUT2D eigenvalue weighted by molar-refractivity contribution is 9.10. The van der Waals surface area contributed by atoms with Gasteiger partial charge in [-0.15, -0.1) is 34.8 Å². The number of nitrogens with zero attached hydrogens (tertiary/aromatic N) is 8. The van der Waals surface area contributed by atoms with Crippen LogP contribution in [0.4, 0.5) is 23.3 Å². The van der Waals surface area contributed by atoms with E-state index >= 15 is 0 Å². The average molecular weight is 1680 g/mol. The molecule has 17 nitrogen and oxygen atoms in total. The molecule has 610 valence electrons. The summed E-state index contributed by atoms with van der Waals surface area (Å²) in [6.07, 6.45) is 14.3. The molecule has 3 unspecified atom stereocenters. The van der Waals surface area contributed by atoms with Gasteiger partial charge < -0.3 is 19.7 Å². The molecule has 5 aliphatic heterocycles. The number of aromatic nitrogens is 4. The van der Waals surface area contributed by atoms with Gasteiger partial charge >= 0.3 is 0 Å². The van der Waals surface area contributed by atoms with Crippen molar-refractivity contribution < 1.29 is 43.7 Å². The van der Waals surface area contributed by atoms with Gasteiger partial charge in [-0.3, -0.25) is 43.6 Å². The Morgan fingerprint density at radius 3 is 1.46 bits per heavy atom. The molecule has 4 aromatic heterocycles. The molecule has 0 bridgehead atoms. The number of aldehydes is 1. The highest BCUT2D eigenvalue weighted by atomic mass is 79.9. The van der Waals surface area contributed by atoms with Crippen LogP contribution in [0, 0.1) is 34.6 Å². The van der Waals surface area contributed by atoms with Crippen LogP contribution in [0.2, 0.25) is 0 Å². The first kappa shape index (κ1) is 90.4. The third kappa shape index (κ3) is 21.8. The fourth-order valence-corrected chi connectivity index (χ4v) is 16.4. The number of pyridine rings is 4. The van der Waals surface area contributed by atoms with E-state index in [1.54, 1.807) is 34.6 Å². The van der Waals surface area contributed by atoms with Crippen LogP contribution < -0.4 is 19.6 Å². The molecule has 5 aromatic carbocycles. The molecule has 4 amide bonds. The monoisotopic (exact) mass is 1680 g/mol. The van der Waals surface area contributed by atoms with Crippen molar-refractivity contribution in [1.82, 2.24) is 19.9 Å². The van der Waals surface area contributed by atoms with Crippen molar-refractivity contribution in [3.05, 3.63) is 269 Å². The molecule has 1 spiro atoms. The number of fused-ring (bicyclic) bond motifs is 6. The summed E-state index contributed by atoms with van der Waals surface area (Å²) in [4.78, 5) is 87.6. The Morgan fingerprint density at radius 1 is 0.504 bits per heavy atom. The van der Waals surface area contributed by atoms with E-state index in [-0.39, 0.29) is 82.5 Å². The van der Waals surface area contributed by atoms with Crippen LogP contribution in [-0.2, 0) is 91.9 Å². The highest BCUT2D eigenvalue weighted by Crippen LogP contribution is 2.51. The number of benzene rings is 5. The molecule has 0 radical (unpaired) electrons. The lowest BCUT2D eigenvalue weighted by Crippen LogP contribution is -2.49. The Balaban J connectivity index is 0.000000160. The summed E-state index contributed by atoms with van der Waals surface area (Å²) in [5.74, 6) is 3.78. The molecule has 4 atom stereocenters. The van der Waals surface area contributed by atoms with Crippen LogP contribution in [-0.4, -0.2) is 100 Å². The number of rotatable bonds is 11. The predicted octanol–water partition coefficient (Wildman–Crippen LogP) is 19.8. The van der Waals surface area contributed by atoms with Crippen LogP contribution in [0.25, 0.3) is 0 Å². The van der Waals surface area contributed by atoms with Crippen LogP contribution >= 0.6 is 50.7 Å². The van der Waals surface area contributed by atoms with Gasteiger partial charge in [-0.1, -0.05) is 141 Å². The first-order valence-corrected chi connectivity index (χ1v) is 41.7. The summed E-state index contributed by atoms with van der Waals surface area (Å²) in [6, 6.07) is 46.2. The number of aryl methyl sites for hydroxylation is 5. The van der Waals surface area contributed by atoms with E-state index in [1.165, 1.54) is 27.8 Å². The maximum Gasteiger partial charge on any atom is 0.240 e. The van der Waals surface area contributed by atoms with E-state index in [1.807, 2.05) is 184 Å². The topological polar surface area (TPSA) is 209 Å². The summed E-state index contributed by atoms with van der Waals surface area (Å²) in [5, 5.41) is 18.6. The SMILES string of the molecule is CC(C)(C)N1C(=O)Cc2cccnc21.Cc1ccc(CCl)c(CC2C(=O)N(C(C)(C)C)c3ncccc32)c1.Cc1ccc(CO)c(Br)c1.Cc1ccc(CO)c(CC2C(=O)N(C(C)(C)C)c3ncccc32)c1.Cc1ccc(COC2CCCCO2)c(C=O)c1.Cc1ccc2c(c1)C[C@@]1(C2)C(=O)N(C(C)(C)C)c2ncccc21.ClCCl. The Morgan fingerprint density at radius 2 is 0.957 bits per heavy atom. The van der Waals surface area contributed by atoms with E-state index in [9.17, 15) is 29.1 Å². The molecule has 1 aliphatic carbocycles. The number of alkyl halides is 3. The van der Waals surface area contributed by atoms with Gasteiger partial charge in [0.1, 0.15) is 29.6 Å². The van der Waals surface area contributed by atoms with E-state index in [0.29, 0.717) is 37.3 Å². The number of anilines is 4. The van der Waals surface area contributed by atoms with Gasteiger partial charge in [-0.2, -0.15) is 0 Å². The van der Waals surface area contributed by atoms with Gasteiger partial charge in [0.2, 0.25) is 23.6 Å². The number of aliphatic hydroxyl groups excluding tert-OH is 2. The van der Waals surface area contributed by atoms with Crippen molar-refractivity contribution in [3.8, 4) is 0 Å². The van der Waals surface area contributed by atoms with Crippen molar-refractivity contribution in [2.75, 3.05) is 31.5 Å². The second-order valence-corrected chi connectivity index (χ2v) is 36.0. The van der Waals surface area contributed by atoms with Gasteiger partial charge in [0.25, 0.3) is 0 Å². The number of hydrogen-bond acceptors (Lipinski definition) is 13. The third-order valence-electron chi connectivity index (χ3n) is 20.9. The van der Waals surface area contributed by atoms with Crippen molar-refractivity contribution in [1.29, 1.82) is 0 Å². The van der Waals surface area contributed by atoms with E-state index in [0.717, 1.165) is 140 Å². The normalized spacial score (nSPS) is 17.7. The molecule has 2 N–H and O–H groups in total. The number of carbonyl (C=O) groups is 5. The Hall–Kier alpha value is -8.56. The fraction of sp³-hybridized carbons (Fsp3) is 0.415. The maximum absolute atomic E-state index is 13.5. The van der Waals surface area contributed by atoms with Crippen molar-refractivity contribution in [2.24, 2.45) is 0 Å². The summed E-state index contributed by atoms with van der Waals surface area (Å²) < 4.78 is 12.1. The van der Waals surface area contributed by atoms with Crippen LogP contribution in [0.1, 0.15) is 219 Å². The lowest BCUT2D eigenvalue weighted by Gasteiger charge is -2.33. The average Bonchev–Trinajstić information content (AvgIpc) is 1.54. The lowest BCUT2D eigenvalue weighted by atomic mass is 9.79. The molecule has 1 saturated heterocycles. The molecular formula is C94H112BrCl3N8O9. The van der Waals surface area contributed by atoms with E-state index in [4.69, 9.17) is 49.4 Å². The van der Waals surface area contributed by atoms with E-state index in [2.05, 4.69) is 119 Å². The molecule has 1 fully saturated rings. The number of carbonyl (C=O) groups excluding carboxylic acids is 5. The standard InChI is InChI=1S/C20H23ClN2O.C20H24N2O2.C20H22N2O.C14H18O3.C11H14N2O.C8H9BrO.CH2Cl2/c1-13-7-8-14(12-21)15(10-13)11-17-16-6-5-9-22-18(16)23(19(17)24)20(2,3)4;1-13-7-8-14(12-23)15(10-13)11-17-16-6-5-9-21-18(16)22(19(17)24)20(2,3)4;1-13-7-8-14-11-20(12-15(14)10-13)16-6-5-9-21-17(16)22(18(20)23)19(2,3)4;1-11-5-6-12(13(8-11)9-15)10-17-14-4-2-3-7-16-14;1-11(2,3)13-9(14)7-8-5-4-6-12-10(8)13;1-6-2-3-7(5-10)8(9)4-6;2-1-3/h5-10,17H,11-12H2,1-4H3;5-10,17,23H,11-12H2,1-4H3;5-10H,11-12H2,1-4H3;5-6,8-9,14H,2-4,7,10H2,1H3;4-6H,7H2,1-3H3;2-4,10H,5H2,1H3;1H2/t;;20-;;;;/m..1..../s1. The minimum Gasteiger partial charge on any atom is -0.392 e. The van der Waals surface area contributed by atoms with Crippen LogP contribution in [0.5, 0.6) is 0 Å². The van der Waals surface area contributed by atoms with Crippen LogP contribution in [0.3, 0.4) is 0 Å². The minimum atomic E-state index is -0.465. The molecule has 21 heteroatoms. The third-order valence-corrected chi connectivity index (χ3v) is 22.0. The van der Waals surface area contributed by atoms with Crippen LogP contribution in [0.15, 0.2) is 169 Å². The number of hydrogen-bond donors (Lipinski definition) is 2. The van der Waals surface area contributed by atoms with Gasteiger partial charge in [-0.05, 0) is 249 Å². The summed E-state index contributed by atoms with van der Waals surface area (Å²) >= 11 is 19.0. The molecular weight excluding hydrogens is 1570 g/mol. The number of aliphatic hydroxyl groups is 2. The zero-order chi connectivity index (χ0) is 84.1. The summed E-state index contributed by atoms with van der Waals surface area (Å²) in [6.45, 7) is 36.0. The van der Waals surface area contributed by atoms with Crippen molar-refractivity contribution in [3.63, 3.8) is 0 Å². The zero-order valence-corrected chi connectivity index (χ0v) is 73.5.